The zero-order valence-electron chi connectivity index (χ0n) is 34.5. The van der Waals surface area contributed by atoms with Gasteiger partial charge in [-0.2, -0.15) is 0 Å². The van der Waals surface area contributed by atoms with Crippen LogP contribution in [0.2, 0.25) is 0 Å². The van der Waals surface area contributed by atoms with Crippen LogP contribution in [0.5, 0.6) is 0 Å². The molecule has 0 N–H and O–H groups in total. The summed E-state index contributed by atoms with van der Waals surface area (Å²) >= 11 is 0. The van der Waals surface area contributed by atoms with Crippen molar-refractivity contribution < 1.29 is 19.5 Å². The van der Waals surface area contributed by atoms with Crippen LogP contribution in [0.3, 0.4) is 0 Å². The predicted molar refractivity (Wildman–Crippen MR) is 254 cm³/mol. The van der Waals surface area contributed by atoms with Crippen LogP contribution in [-0.4, -0.2) is 14.1 Å². The number of para-hydroxylation sites is 4. The van der Waals surface area contributed by atoms with Crippen molar-refractivity contribution in [1.82, 2.24) is 14.1 Å². The number of fused-ring (bicyclic) bond motifs is 6. The Bertz CT molecular complexity index is 3060. The van der Waals surface area contributed by atoms with Gasteiger partial charge in [0.2, 0.25) is 0 Å². The summed E-state index contributed by atoms with van der Waals surface area (Å²) in [4.78, 5) is 4.56. The molecule has 0 saturated heterocycles. The maximum atomic E-state index is 4.56. The van der Waals surface area contributed by atoms with Gasteiger partial charge in [-0.05, 0) is 93.9 Å². The van der Waals surface area contributed by atoms with Gasteiger partial charge in [-0.15, -0.1) is 0 Å². The second-order valence-electron chi connectivity index (χ2n) is 16.5. The number of aromatic nitrogens is 3. The zero-order valence-corrected chi connectivity index (χ0v) is 36.2. The fourth-order valence-electron chi connectivity index (χ4n) is 8.60. The Morgan fingerprint density at radius 2 is 0.738 bits per heavy atom. The Hall–Kier alpha value is -6.87. The normalized spacial score (nSPS) is 11.4. The van der Waals surface area contributed by atoms with E-state index in [0.717, 1.165) is 22.6 Å². The van der Waals surface area contributed by atoms with Crippen LogP contribution in [0.4, 0.5) is 0 Å². The van der Waals surface area contributed by atoms with Crippen LogP contribution < -0.4 is 0 Å². The molecule has 1 radical (unpaired) electrons. The molecule has 4 heteroatoms. The molecule has 8 aromatic carbocycles. The quantitative estimate of drug-likeness (QED) is 0.158. The van der Waals surface area contributed by atoms with E-state index >= 15 is 0 Å². The summed E-state index contributed by atoms with van der Waals surface area (Å²) in [6.45, 7) is 6.69. The predicted octanol–water partition coefficient (Wildman–Crippen LogP) is 15.3. The number of nitrogens with zero attached hydrogens (tertiary/aromatic N) is 3. The molecule has 3 nitrogen and oxygen atoms in total. The zero-order chi connectivity index (χ0) is 40.6. The van der Waals surface area contributed by atoms with Crippen LogP contribution in [-0.2, 0) is 24.9 Å². The van der Waals surface area contributed by atoms with Gasteiger partial charge in [0.15, 0.2) is 0 Å². The van der Waals surface area contributed by atoms with Gasteiger partial charge < -0.3 is 9.13 Å². The smallest absolute Gasteiger partial charge is 0.309 e. The first-order valence-electron chi connectivity index (χ1n) is 20.7. The van der Waals surface area contributed by atoms with Crippen LogP contribution in [0.1, 0.15) is 26.3 Å². The van der Waals surface area contributed by atoms with E-state index < -0.39 is 0 Å². The summed E-state index contributed by atoms with van der Waals surface area (Å²) in [5.41, 5.74) is 15.7. The second kappa shape index (κ2) is 16.6. The van der Waals surface area contributed by atoms with Crippen molar-refractivity contribution >= 4 is 43.6 Å². The van der Waals surface area contributed by atoms with E-state index in [0.29, 0.717) is 0 Å². The maximum Gasteiger partial charge on any atom is 3.00 e. The molecule has 0 fully saturated rings. The van der Waals surface area contributed by atoms with Crippen molar-refractivity contribution in [2.24, 2.45) is 0 Å². The molecule has 61 heavy (non-hydrogen) atoms. The van der Waals surface area contributed by atoms with Crippen molar-refractivity contribution in [2.45, 2.75) is 26.2 Å². The fourth-order valence-corrected chi connectivity index (χ4v) is 8.60. The number of hydrogen-bond donors (Lipinski definition) is 0. The van der Waals surface area contributed by atoms with Gasteiger partial charge >= 0.3 is 19.5 Å². The van der Waals surface area contributed by atoms with Gasteiger partial charge in [-0.1, -0.05) is 172 Å². The minimum absolute atomic E-state index is 0. The van der Waals surface area contributed by atoms with Gasteiger partial charge in [-0.25, -0.2) is 0 Å². The van der Waals surface area contributed by atoms with Gasteiger partial charge in [0.05, 0.1) is 27.8 Å². The van der Waals surface area contributed by atoms with Crippen molar-refractivity contribution in [3.05, 3.63) is 224 Å². The molecule has 3 heterocycles. The van der Waals surface area contributed by atoms with E-state index in [-0.39, 0.29) is 24.9 Å². The third kappa shape index (κ3) is 7.61. The molecule has 0 spiro atoms. The SMILES string of the molecule is CC(C)(C)c1ccnc(-c2cccc(-c3ccccc3)c2)c1.[Ru+3].c1ccc(-c2cc(-n3c4ccccc4c4ccccc43)cc(-n3c4ccccc4c4ccccc43)c2)cc1. The molecule has 0 unspecified atom stereocenters. The minimum atomic E-state index is 0. The molecule has 0 aliphatic rings. The fraction of sp³-hybridized carbons (Fsp3) is 0.0702. The molecule has 293 valence electrons. The van der Waals surface area contributed by atoms with E-state index in [9.17, 15) is 0 Å². The number of rotatable bonds is 5. The van der Waals surface area contributed by atoms with Crippen molar-refractivity contribution in [3.8, 4) is 44.9 Å². The number of hydrogen-bond acceptors (Lipinski definition) is 1. The third-order valence-electron chi connectivity index (χ3n) is 11.6. The molecule has 11 aromatic rings. The van der Waals surface area contributed by atoms with E-state index in [4.69, 9.17) is 0 Å². The number of benzene rings is 8. The summed E-state index contributed by atoms with van der Waals surface area (Å²) < 4.78 is 4.82. The molecule has 0 atom stereocenters. The van der Waals surface area contributed by atoms with Crippen LogP contribution in [0.25, 0.3) is 88.5 Å². The summed E-state index contributed by atoms with van der Waals surface area (Å²) in [5.74, 6) is 0. The average Bonchev–Trinajstić information content (AvgIpc) is 3.83. The molecular formula is C57H45N3Ru+3. The Labute approximate surface area is 370 Å². The van der Waals surface area contributed by atoms with Gasteiger partial charge in [0.1, 0.15) is 0 Å². The molecule has 0 saturated carbocycles. The molecule has 0 bridgehead atoms. The molecule has 11 rings (SSSR count). The largest absolute Gasteiger partial charge is 3.00 e. The molecule has 3 aromatic heterocycles. The van der Waals surface area contributed by atoms with Gasteiger partial charge in [-0.3, -0.25) is 4.98 Å². The summed E-state index contributed by atoms with van der Waals surface area (Å²) in [6, 6.07) is 75.9. The molecular weight excluding hydrogens is 828 g/mol. The molecule has 0 amide bonds. The molecule has 0 aliphatic carbocycles. The first-order valence-corrected chi connectivity index (χ1v) is 20.7. The Kier molecular flexibility index (Phi) is 10.8. The van der Waals surface area contributed by atoms with Gasteiger partial charge in [0, 0.05) is 44.7 Å². The van der Waals surface area contributed by atoms with Crippen LogP contribution in [0.15, 0.2) is 219 Å². The van der Waals surface area contributed by atoms with E-state index in [1.54, 1.807) is 0 Å². The van der Waals surface area contributed by atoms with Crippen molar-refractivity contribution in [3.63, 3.8) is 0 Å². The third-order valence-corrected chi connectivity index (χ3v) is 11.6. The standard InChI is InChI=1S/C36H24N2.C21H21N.Ru/c1-2-12-25(13-3-1)26-22-27(37-33-18-8-4-14-29(33)30-15-5-9-19-34(30)37)24-28(23-26)38-35-20-10-6-16-31(35)32-17-7-11-21-36(32)38;1-21(2,3)19-12-13-22-20(15-19)18-11-7-10-17(14-18)16-8-5-4-6-9-16;/h1-24H;4-15H,1-3H3;/q;;+3. The van der Waals surface area contributed by atoms with Crippen LogP contribution >= 0.6 is 0 Å². The maximum absolute atomic E-state index is 4.56. The average molecular weight is 873 g/mol. The Morgan fingerprint density at radius 3 is 1.20 bits per heavy atom. The summed E-state index contributed by atoms with van der Waals surface area (Å²) in [5, 5.41) is 5.08. The molecule has 0 aliphatic heterocycles. The summed E-state index contributed by atoms with van der Waals surface area (Å²) in [7, 11) is 0. The minimum Gasteiger partial charge on any atom is -0.309 e. The number of pyridine rings is 1. The van der Waals surface area contributed by atoms with Crippen LogP contribution in [0, 0.1) is 0 Å². The Balaban J connectivity index is 0.000000177. The second-order valence-corrected chi connectivity index (χ2v) is 16.5. The van der Waals surface area contributed by atoms with E-state index in [2.05, 4.69) is 241 Å². The van der Waals surface area contributed by atoms with E-state index in [1.165, 1.54) is 71.4 Å². The monoisotopic (exact) mass is 873 g/mol. The first-order chi connectivity index (χ1) is 29.4. The Morgan fingerprint density at radius 1 is 0.344 bits per heavy atom. The first kappa shape index (κ1) is 39.6. The van der Waals surface area contributed by atoms with Gasteiger partial charge in [0.25, 0.3) is 0 Å². The van der Waals surface area contributed by atoms with E-state index in [1.807, 2.05) is 12.3 Å². The van der Waals surface area contributed by atoms with Crippen molar-refractivity contribution in [1.29, 1.82) is 0 Å². The van der Waals surface area contributed by atoms with Crippen molar-refractivity contribution in [2.75, 3.05) is 0 Å². The topological polar surface area (TPSA) is 22.8 Å². The summed E-state index contributed by atoms with van der Waals surface area (Å²) in [6.07, 6.45) is 1.91.